The second kappa shape index (κ2) is 10.7. The predicted octanol–water partition coefficient (Wildman–Crippen LogP) is 2.18. The van der Waals surface area contributed by atoms with Gasteiger partial charge < -0.3 is 10.6 Å². The molecule has 7 heteroatoms. The first-order valence-electron chi connectivity index (χ1n) is 8.60. The smallest absolute Gasteiger partial charge is 0.234 e. The maximum atomic E-state index is 13.5. The molecular formula is C19H24FN3O2S. The summed E-state index contributed by atoms with van der Waals surface area (Å²) in [5.41, 5.74) is 0.577. The van der Waals surface area contributed by atoms with Crippen molar-refractivity contribution in [3.8, 4) is 0 Å². The predicted molar refractivity (Wildman–Crippen MR) is 101 cm³/mol. The van der Waals surface area contributed by atoms with E-state index in [2.05, 4.69) is 10.6 Å². The van der Waals surface area contributed by atoms with Crippen molar-refractivity contribution in [1.82, 2.24) is 15.5 Å². The van der Waals surface area contributed by atoms with E-state index in [-0.39, 0.29) is 30.7 Å². The second-order valence-electron chi connectivity index (χ2n) is 5.85. The number of benzene rings is 1. The Kier molecular flexibility index (Phi) is 8.24. The molecule has 0 aliphatic heterocycles. The van der Waals surface area contributed by atoms with Gasteiger partial charge >= 0.3 is 0 Å². The largest absolute Gasteiger partial charge is 0.355 e. The molecule has 140 valence electrons. The average Bonchev–Trinajstić information content (AvgIpc) is 3.14. The molecule has 1 aromatic carbocycles. The standard InChI is InChI=1S/C19H24FN3O2S/c1-2-23(14-19(25)22-12-16-7-5-11-26-16)13-18(24)21-10-9-15-6-3-4-8-17(15)20/h3-8,11H,2,9-10,12-14H2,1H3,(H,21,24)(H,22,25). The number of nitrogens with zero attached hydrogens (tertiary/aromatic N) is 1. The number of rotatable bonds is 10. The van der Waals surface area contributed by atoms with Crippen LogP contribution in [-0.4, -0.2) is 42.9 Å². The molecule has 0 spiro atoms. The quantitative estimate of drug-likeness (QED) is 0.667. The van der Waals surface area contributed by atoms with Gasteiger partial charge in [-0.15, -0.1) is 11.3 Å². The number of hydrogen-bond acceptors (Lipinski definition) is 4. The van der Waals surface area contributed by atoms with Crippen molar-refractivity contribution >= 4 is 23.2 Å². The highest BCUT2D eigenvalue weighted by Crippen LogP contribution is 2.07. The maximum Gasteiger partial charge on any atom is 0.234 e. The lowest BCUT2D eigenvalue weighted by Gasteiger charge is -2.19. The third-order valence-corrected chi connectivity index (χ3v) is 4.77. The third-order valence-electron chi connectivity index (χ3n) is 3.90. The SMILES string of the molecule is CCN(CC(=O)NCCc1ccccc1F)CC(=O)NCc1cccs1. The minimum absolute atomic E-state index is 0.112. The van der Waals surface area contributed by atoms with Crippen LogP contribution in [0, 0.1) is 5.82 Å². The number of amides is 2. The van der Waals surface area contributed by atoms with Crippen LogP contribution in [0.1, 0.15) is 17.4 Å². The Bertz CT molecular complexity index is 707. The summed E-state index contributed by atoms with van der Waals surface area (Å²) in [5, 5.41) is 7.59. The summed E-state index contributed by atoms with van der Waals surface area (Å²) >= 11 is 1.59. The van der Waals surface area contributed by atoms with E-state index in [1.807, 2.05) is 24.4 Å². The molecule has 2 N–H and O–H groups in total. The Balaban J connectivity index is 1.68. The van der Waals surface area contributed by atoms with Crippen molar-refractivity contribution in [3.63, 3.8) is 0 Å². The Morgan fingerprint density at radius 2 is 1.81 bits per heavy atom. The van der Waals surface area contributed by atoms with Crippen LogP contribution >= 0.6 is 11.3 Å². The molecule has 0 saturated heterocycles. The molecule has 2 amide bonds. The first-order valence-corrected chi connectivity index (χ1v) is 9.48. The number of carbonyl (C=O) groups is 2. The molecule has 1 heterocycles. The van der Waals surface area contributed by atoms with Gasteiger partial charge in [-0.2, -0.15) is 0 Å². The van der Waals surface area contributed by atoms with Gasteiger partial charge in [-0.05, 0) is 36.0 Å². The van der Waals surface area contributed by atoms with E-state index in [9.17, 15) is 14.0 Å². The molecular weight excluding hydrogens is 353 g/mol. The van der Waals surface area contributed by atoms with Gasteiger partial charge in [0.15, 0.2) is 0 Å². The Morgan fingerprint density at radius 1 is 1.08 bits per heavy atom. The molecule has 0 atom stereocenters. The van der Waals surface area contributed by atoms with Crippen molar-refractivity contribution < 1.29 is 14.0 Å². The lowest BCUT2D eigenvalue weighted by Crippen LogP contribution is -2.43. The third kappa shape index (κ3) is 6.93. The fourth-order valence-electron chi connectivity index (χ4n) is 2.43. The van der Waals surface area contributed by atoms with Gasteiger partial charge in [0.2, 0.25) is 11.8 Å². The van der Waals surface area contributed by atoms with Crippen LogP contribution in [0.4, 0.5) is 4.39 Å². The average molecular weight is 377 g/mol. The lowest BCUT2D eigenvalue weighted by atomic mass is 10.1. The first kappa shape index (κ1) is 20.1. The monoisotopic (exact) mass is 377 g/mol. The first-order chi connectivity index (χ1) is 12.6. The highest BCUT2D eigenvalue weighted by molar-refractivity contribution is 7.09. The van der Waals surface area contributed by atoms with Crippen LogP contribution in [-0.2, 0) is 22.6 Å². The van der Waals surface area contributed by atoms with Gasteiger partial charge in [0.1, 0.15) is 5.82 Å². The van der Waals surface area contributed by atoms with E-state index in [0.29, 0.717) is 31.6 Å². The molecule has 1 aromatic heterocycles. The Labute approximate surface area is 157 Å². The van der Waals surface area contributed by atoms with Crippen molar-refractivity contribution in [3.05, 3.63) is 58.0 Å². The number of thiophene rings is 1. The van der Waals surface area contributed by atoms with E-state index in [1.54, 1.807) is 34.4 Å². The van der Waals surface area contributed by atoms with Crippen LogP contribution in [0.15, 0.2) is 41.8 Å². The molecule has 2 aromatic rings. The van der Waals surface area contributed by atoms with Crippen molar-refractivity contribution in [2.24, 2.45) is 0 Å². The summed E-state index contributed by atoms with van der Waals surface area (Å²) < 4.78 is 13.5. The van der Waals surface area contributed by atoms with E-state index in [1.165, 1.54) is 6.07 Å². The zero-order valence-corrected chi connectivity index (χ0v) is 15.7. The van der Waals surface area contributed by atoms with Crippen molar-refractivity contribution in [1.29, 1.82) is 0 Å². The summed E-state index contributed by atoms with van der Waals surface area (Å²) in [7, 11) is 0. The number of hydrogen-bond donors (Lipinski definition) is 2. The molecule has 2 rings (SSSR count). The van der Waals surface area contributed by atoms with Crippen molar-refractivity contribution in [2.75, 3.05) is 26.2 Å². The van der Waals surface area contributed by atoms with Crippen LogP contribution in [0.5, 0.6) is 0 Å². The van der Waals surface area contributed by atoms with E-state index in [4.69, 9.17) is 0 Å². The Hall–Kier alpha value is -2.25. The van der Waals surface area contributed by atoms with Crippen molar-refractivity contribution in [2.45, 2.75) is 19.9 Å². The minimum Gasteiger partial charge on any atom is -0.355 e. The van der Waals surface area contributed by atoms with Crippen LogP contribution in [0.3, 0.4) is 0 Å². The summed E-state index contributed by atoms with van der Waals surface area (Å²) in [4.78, 5) is 26.9. The molecule has 0 saturated carbocycles. The molecule has 26 heavy (non-hydrogen) atoms. The molecule has 0 bridgehead atoms. The number of carbonyl (C=O) groups excluding carboxylic acids is 2. The topological polar surface area (TPSA) is 61.4 Å². The van der Waals surface area contributed by atoms with E-state index in [0.717, 1.165) is 4.88 Å². The highest BCUT2D eigenvalue weighted by Gasteiger charge is 2.13. The number of nitrogens with one attached hydrogen (secondary N) is 2. The van der Waals surface area contributed by atoms with Gasteiger partial charge in [-0.1, -0.05) is 31.2 Å². The Morgan fingerprint density at radius 3 is 2.46 bits per heavy atom. The molecule has 0 radical (unpaired) electrons. The van der Waals surface area contributed by atoms with E-state index < -0.39 is 0 Å². The van der Waals surface area contributed by atoms with Gasteiger partial charge in [0.05, 0.1) is 19.6 Å². The van der Waals surface area contributed by atoms with Crippen LogP contribution in [0.2, 0.25) is 0 Å². The molecule has 0 fully saturated rings. The summed E-state index contributed by atoms with van der Waals surface area (Å²) in [5.74, 6) is -0.548. The van der Waals surface area contributed by atoms with Gasteiger partial charge in [0, 0.05) is 11.4 Å². The zero-order valence-electron chi connectivity index (χ0n) is 14.8. The van der Waals surface area contributed by atoms with Crippen LogP contribution in [0.25, 0.3) is 0 Å². The molecule has 0 aliphatic carbocycles. The zero-order chi connectivity index (χ0) is 18.8. The summed E-state index contributed by atoms with van der Waals surface area (Å²) in [6.07, 6.45) is 0.436. The molecule has 0 unspecified atom stereocenters. The van der Waals surface area contributed by atoms with Gasteiger partial charge in [-0.3, -0.25) is 14.5 Å². The second-order valence-corrected chi connectivity index (χ2v) is 6.88. The van der Waals surface area contributed by atoms with Gasteiger partial charge in [-0.25, -0.2) is 4.39 Å². The lowest BCUT2D eigenvalue weighted by molar-refractivity contribution is -0.125. The van der Waals surface area contributed by atoms with Gasteiger partial charge in [0.25, 0.3) is 0 Å². The number of likely N-dealkylation sites (N-methyl/N-ethyl adjacent to an activating group) is 1. The summed E-state index contributed by atoms with van der Waals surface area (Å²) in [6, 6.07) is 10.4. The fourth-order valence-corrected chi connectivity index (χ4v) is 3.08. The van der Waals surface area contributed by atoms with Crippen LogP contribution < -0.4 is 10.6 Å². The molecule has 0 aliphatic rings. The highest BCUT2D eigenvalue weighted by atomic mass is 32.1. The summed E-state index contributed by atoms with van der Waals surface area (Å²) in [6.45, 7) is 3.67. The van der Waals surface area contributed by atoms with E-state index >= 15 is 0 Å². The number of halogens is 1. The minimum atomic E-state index is -0.264. The maximum absolute atomic E-state index is 13.5. The molecule has 5 nitrogen and oxygen atoms in total. The normalized spacial score (nSPS) is 10.7. The fraction of sp³-hybridized carbons (Fsp3) is 0.368.